The first-order valence-electron chi connectivity index (χ1n) is 7.22. The van der Waals surface area contributed by atoms with E-state index in [4.69, 9.17) is 9.47 Å². The number of methoxy groups -OCH3 is 2. The van der Waals surface area contributed by atoms with E-state index in [1.807, 2.05) is 24.4 Å². The Bertz CT molecular complexity index is 759. The van der Waals surface area contributed by atoms with Crippen LogP contribution in [0.5, 0.6) is 11.5 Å². The van der Waals surface area contributed by atoms with E-state index in [9.17, 15) is 18.0 Å². The zero-order valence-electron chi connectivity index (χ0n) is 13.8. The van der Waals surface area contributed by atoms with Crippen LogP contribution in [-0.4, -0.2) is 26.3 Å². The molecule has 0 aliphatic carbocycles. The molecule has 0 atom stereocenters. The third kappa shape index (κ3) is 4.56. The van der Waals surface area contributed by atoms with Crippen LogP contribution in [-0.2, 0) is 4.79 Å². The summed E-state index contributed by atoms with van der Waals surface area (Å²) >= 11 is 0. The first-order chi connectivity index (χ1) is 11.7. The fraction of sp³-hybridized carbons (Fsp3) is 0.235. The summed E-state index contributed by atoms with van der Waals surface area (Å²) in [6.45, 7) is 1.91. The molecule has 0 saturated heterocycles. The number of ether oxygens (including phenoxy) is 2. The van der Waals surface area contributed by atoms with Crippen molar-refractivity contribution >= 4 is 23.0 Å². The van der Waals surface area contributed by atoms with Crippen LogP contribution >= 0.6 is 0 Å². The molecule has 0 saturated carbocycles. The van der Waals surface area contributed by atoms with E-state index >= 15 is 0 Å². The first kappa shape index (κ1) is 18.4. The van der Waals surface area contributed by atoms with E-state index in [0.717, 1.165) is 5.56 Å². The number of rotatable bonds is 5. The van der Waals surface area contributed by atoms with Crippen molar-refractivity contribution in [2.45, 2.75) is 13.1 Å². The summed E-state index contributed by atoms with van der Waals surface area (Å²) in [6.07, 6.45) is -5.01. The van der Waals surface area contributed by atoms with Gasteiger partial charge in [0.15, 0.2) is 11.5 Å². The zero-order chi connectivity index (χ0) is 18.6. The second kappa shape index (κ2) is 7.33. The summed E-state index contributed by atoms with van der Waals surface area (Å²) in [5.41, 5.74) is 1.82. The van der Waals surface area contributed by atoms with Gasteiger partial charge in [-0.05, 0) is 19.1 Å². The highest BCUT2D eigenvalue weighted by atomic mass is 19.4. The second-order valence-corrected chi connectivity index (χ2v) is 5.20. The van der Waals surface area contributed by atoms with Crippen LogP contribution in [0.3, 0.4) is 0 Å². The Morgan fingerprint density at radius 2 is 1.48 bits per heavy atom. The summed E-state index contributed by atoms with van der Waals surface area (Å²) in [5.74, 6) is -1.58. The average Bonchev–Trinajstić information content (AvgIpc) is 2.56. The van der Waals surface area contributed by atoms with Crippen LogP contribution in [0, 0.1) is 6.92 Å². The summed E-state index contributed by atoms with van der Waals surface area (Å²) < 4.78 is 48.0. The van der Waals surface area contributed by atoms with Crippen molar-refractivity contribution < 1.29 is 27.4 Å². The smallest absolute Gasteiger partial charge is 0.471 e. The minimum Gasteiger partial charge on any atom is -0.493 e. The van der Waals surface area contributed by atoms with Gasteiger partial charge in [-0.1, -0.05) is 17.7 Å². The number of amides is 1. The number of halogens is 3. The van der Waals surface area contributed by atoms with Gasteiger partial charge >= 0.3 is 12.1 Å². The lowest BCUT2D eigenvalue weighted by atomic mass is 10.2. The molecular formula is C17H17F3N2O3. The molecule has 0 aliphatic heterocycles. The monoisotopic (exact) mass is 354 g/mol. The molecule has 2 N–H and O–H groups in total. The van der Waals surface area contributed by atoms with E-state index in [2.05, 4.69) is 5.32 Å². The Labute approximate surface area is 142 Å². The SMILES string of the molecule is COc1cc(NC(=O)C(F)(F)F)c(Nc2ccc(C)cc2)cc1OC. The van der Waals surface area contributed by atoms with Crippen LogP contribution < -0.4 is 20.1 Å². The highest BCUT2D eigenvalue weighted by Crippen LogP contribution is 2.38. The molecule has 1 amide bonds. The second-order valence-electron chi connectivity index (χ2n) is 5.20. The van der Waals surface area contributed by atoms with Gasteiger partial charge in [0.1, 0.15) is 0 Å². The number of alkyl halides is 3. The van der Waals surface area contributed by atoms with Crippen LogP contribution in [0.4, 0.5) is 30.2 Å². The number of nitrogens with one attached hydrogen (secondary N) is 2. The van der Waals surface area contributed by atoms with Crippen LogP contribution in [0.1, 0.15) is 5.56 Å². The molecular weight excluding hydrogens is 337 g/mol. The van der Waals surface area contributed by atoms with Gasteiger partial charge in [-0.3, -0.25) is 4.79 Å². The zero-order valence-corrected chi connectivity index (χ0v) is 13.8. The van der Waals surface area contributed by atoms with Crippen molar-refractivity contribution in [3.05, 3.63) is 42.0 Å². The third-order valence-electron chi connectivity index (χ3n) is 3.36. The van der Waals surface area contributed by atoms with Gasteiger partial charge < -0.3 is 20.1 Å². The van der Waals surface area contributed by atoms with Gasteiger partial charge in [0.25, 0.3) is 0 Å². The minimum absolute atomic E-state index is 0.0828. The summed E-state index contributed by atoms with van der Waals surface area (Å²) in [6, 6.07) is 9.93. The lowest BCUT2D eigenvalue weighted by Gasteiger charge is -2.17. The van der Waals surface area contributed by atoms with Crippen molar-refractivity contribution in [2.75, 3.05) is 24.9 Å². The van der Waals surface area contributed by atoms with Gasteiger partial charge in [-0.25, -0.2) is 0 Å². The van der Waals surface area contributed by atoms with Crippen LogP contribution in [0.15, 0.2) is 36.4 Å². The Morgan fingerprint density at radius 1 is 0.960 bits per heavy atom. The van der Waals surface area contributed by atoms with Gasteiger partial charge in [-0.15, -0.1) is 0 Å². The van der Waals surface area contributed by atoms with Crippen molar-refractivity contribution in [1.29, 1.82) is 0 Å². The molecule has 25 heavy (non-hydrogen) atoms. The molecule has 2 rings (SSSR count). The highest BCUT2D eigenvalue weighted by molar-refractivity contribution is 5.98. The van der Waals surface area contributed by atoms with E-state index in [0.29, 0.717) is 11.4 Å². The Hall–Kier alpha value is -2.90. The maximum absolute atomic E-state index is 12.6. The number of hydrogen-bond donors (Lipinski definition) is 2. The molecule has 0 aromatic heterocycles. The van der Waals surface area contributed by atoms with E-state index < -0.39 is 12.1 Å². The standard InChI is InChI=1S/C17H17F3N2O3/c1-10-4-6-11(7-5-10)21-12-8-14(24-2)15(25-3)9-13(12)22-16(23)17(18,19)20/h4-9,21H,1-3H3,(H,22,23). The third-order valence-corrected chi connectivity index (χ3v) is 3.36. The molecule has 0 spiro atoms. The van der Waals surface area contributed by atoms with Crippen molar-refractivity contribution in [3.8, 4) is 11.5 Å². The van der Waals surface area contributed by atoms with Gasteiger partial charge in [-0.2, -0.15) is 13.2 Å². The predicted molar refractivity (Wildman–Crippen MR) is 88.7 cm³/mol. The number of carbonyl (C=O) groups excluding carboxylic acids is 1. The molecule has 134 valence electrons. The van der Waals surface area contributed by atoms with Crippen LogP contribution in [0.2, 0.25) is 0 Å². The average molecular weight is 354 g/mol. The molecule has 5 nitrogen and oxygen atoms in total. The van der Waals surface area contributed by atoms with Crippen molar-refractivity contribution in [3.63, 3.8) is 0 Å². The number of aryl methyl sites for hydroxylation is 1. The van der Waals surface area contributed by atoms with Crippen LogP contribution in [0.25, 0.3) is 0 Å². The molecule has 2 aromatic carbocycles. The Kier molecular flexibility index (Phi) is 5.41. The lowest BCUT2D eigenvalue weighted by molar-refractivity contribution is -0.167. The summed E-state index contributed by atoms with van der Waals surface area (Å²) in [7, 11) is 2.75. The van der Waals surface area contributed by atoms with Gasteiger partial charge in [0, 0.05) is 17.8 Å². The van der Waals surface area contributed by atoms with Gasteiger partial charge in [0.2, 0.25) is 0 Å². The fourth-order valence-electron chi connectivity index (χ4n) is 2.07. The fourth-order valence-corrected chi connectivity index (χ4v) is 2.07. The Morgan fingerprint density at radius 3 is 1.96 bits per heavy atom. The molecule has 0 unspecified atom stereocenters. The maximum atomic E-state index is 12.6. The molecule has 2 aromatic rings. The van der Waals surface area contributed by atoms with E-state index in [-0.39, 0.29) is 17.1 Å². The quantitative estimate of drug-likeness (QED) is 0.842. The number of carbonyl (C=O) groups is 1. The summed E-state index contributed by atoms with van der Waals surface area (Å²) in [4.78, 5) is 11.3. The molecule has 0 radical (unpaired) electrons. The topological polar surface area (TPSA) is 59.6 Å². The lowest BCUT2D eigenvalue weighted by Crippen LogP contribution is -2.30. The van der Waals surface area contributed by atoms with Crippen molar-refractivity contribution in [1.82, 2.24) is 0 Å². The normalized spacial score (nSPS) is 11.0. The predicted octanol–water partition coefficient (Wildman–Crippen LogP) is 4.26. The van der Waals surface area contributed by atoms with Gasteiger partial charge in [0.05, 0.1) is 25.6 Å². The number of anilines is 3. The van der Waals surface area contributed by atoms with Crippen molar-refractivity contribution in [2.24, 2.45) is 0 Å². The Balaban J connectivity index is 2.43. The number of hydrogen-bond acceptors (Lipinski definition) is 4. The molecule has 0 aliphatic rings. The minimum atomic E-state index is -5.01. The molecule has 0 fully saturated rings. The van der Waals surface area contributed by atoms with E-state index in [1.165, 1.54) is 26.4 Å². The molecule has 0 bridgehead atoms. The van der Waals surface area contributed by atoms with E-state index in [1.54, 1.807) is 12.1 Å². The molecule has 0 heterocycles. The highest BCUT2D eigenvalue weighted by Gasteiger charge is 2.39. The maximum Gasteiger partial charge on any atom is 0.471 e. The summed E-state index contributed by atoms with van der Waals surface area (Å²) in [5, 5.41) is 4.81. The largest absolute Gasteiger partial charge is 0.493 e. The first-order valence-corrected chi connectivity index (χ1v) is 7.22. The number of benzene rings is 2. The molecule has 8 heteroatoms.